The molecule has 0 fully saturated rings. The number of furan rings is 1. The monoisotopic (exact) mass is 510 g/mol. The highest BCUT2D eigenvalue weighted by Gasteiger charge is 2.06. The summed E-state index contributed by atoms with van der Waals surface area (Å²) in [4.78, 5) is 14.8. The third-order valence-corrected chi connectivity index (χ3v) is 3.98. The third-order valence-electron chi connectivity index (χ3n) is 3.98. The molecule has 152 valence electrons. The maximum absolute atomic E-state index is 13.8. The van der Waals surface area contributed by atoms with Crippen molar-refractivity contribution in [2.45, 2.75) is 19.6 Å². The van der Waals surface area contributed by atoms with Crippen LogP contribution >= 0.6 is 24.0 Å². The van der Waals surface area contributed by atoms with Crippen molar-refractivity contribution in [2.75, 3.05) is 0 Å². The van der Waals surface area contributed by atoms with Crippen molar-refractivity contribution in [2.24, 2.45) is 4.99 Å². The van der Waals surface area contributed by atoms with Crippen LogP contribution in [0.1, 0.15) is 16.9 Å². The van der Waals surface area contributed by atoms with Gasteiger partial charge in [0, 0.05) is 24.2 Å². The summed E-state index contributed by atoms with van der Waals surface area (Å²) < 4.78 is 19.1. The summed E-state index contributed by atoms with van der Waals surface area (Å²) in [5.41, 5.74) is 1.36. The van der Waals surface area contributed by atoms with Gasteiger partial charge in [0.25, 0.3) is 5.69 Å². The van der Waals surface area contributed by atoms with Crippen LogP contribution in [0.25, 0.3) is 0 Å². The van der Waals surface area contributed by atoms with Crippen LogP contribution in [0.5, 0.6) is 0 Å². The summed E-state index contributed by atoms with van der Waals surface area (Å²) in [6.07, 6.45) is 1.58. The molecule has 0 unspecified atom stereocenters. The van der Waals surface area contributed by atoms with Gasteiger partial charge in [-0.25, -0.2) is 9.38 Å². The maximum Gasteiger partial charge on any atom is 0.269 e. The lowest BCUT2D eigenvalue weighted by atomic mass is 10.2. The van der Waals surface area contributed by atoms with Crippen LogP contribution in [-0.4, -0.2) is 10.9 Å². The van der Waals surface area contributed by atoms with E-state index in [2.05, 4.69) is 15.6 Å². The summed E-state index contributed by atoms with van der Waals surface area (Å²) in [5, 5.41) is 17.0. The number of nitrogens with one attached hydrogen (secondary N) is 2. The molecule has 0 saturated carbocycles. The van der Waals surface area contributed by atoms with Crippen molar-refractivity contribution in [1.82, 2.24) is 10.6 Å². The summed E-state index contributed by atoms with van der Waals surface area (Å²) in [6, 6.07) is 16.3. The highest BCUT2D eigenvalue weighted by Crippen LogP contribution is 2.12. The fourth-order valence-corrected chi connectivity index (χ4v) is 2.47. The second kappa shape index (κ2) is 11.1. The lowest BCUT2D eigenvalue weighted by molar-refractivity contribution is -0.384. The molecule has 0 radical (unpaired) electrons. The second-order valence-corrected chi connectivity index (χ2v) is 5.97. The number of non-ortho nitro benzene ring substituents is 1. The van der Waals surface area contributed by atoms with Gasteiger partial charge in [-0.3, -0.25) is 10.1 Å². The van der Waals surface area contributed by atoms with E-state index in [1.807, 2.05) is 6.07 Å². The number of nitrogens with zero attached hydrogens (tertiary/aromatic N) is 2. The maximum atomic E-state index is 13.8. The van der Waals surface area contributed by atoms with E-state index < -0.39 is 4.92 Å². The van der Waals surface area contributed by atoms with Gasteiger partial charge in [0.15, 0.2) is 5.96 Å². The third kappa shape index (κ3) is 6.86. The standard InChI is InChI=1S/C20H19FN4O3.HI/c21-19-6-2-1-4-16(19)13-23-20(24-14-18-5-3-11-28-18)22-12-15-7-9-17(10-8-15)25(26)27;/h1-11H,12-14H2,(H2,22,23,24);1H. The molecule has 3 aromatic rings. The predicted octanol–water partition coefficient (Wildman–Crippen LogP) is 4.38. The van der Waals surface area contributed by atoms with Crippen LogP contribution in [0.2, 0.25) is 0 Å². The quantitative estimate of drug-likeness (QED) is 0.162. The molecule has 0 spiro atoms. The van der Waals surface area contributed by atoms with Gasteiger partial charge in [0.05, 0.1) is 24.3 Å². The minimum Gasteiger partial charge on any atom is -0.467 e. The number of guanidine groups is 1. The zero-order valence-corrected chi connectivity index (χ0v) is 17.7. The first-order valence-corrected chi connectivity index (χ1v) is 8.63. The summed E-state index contributed by atoms with van der Waals surface area (Å²) in [5.74, 6) is 0.907. The number of rotatable bonds is 7. The minimum atomic E-state index is -0.445. The van der Waals surface area contributed by atoms with E-state index in [0.717, 1.165) is 11.3 Å². The smallest absolute Gasteiger partial charge is 0.269 e. The molecule has 2 aromatic carbocycles. The van der Waals surface area contributed by atoms with E-state index >= 15 is 0 Å². The molecule has 0 atom stereocenters. The van der Waals surface area contributed by atoms with Gasteiger partial charge >= 0.3 is 0 Å². The van der Waals surface area contributed by atoms with Crippen LogP contribution in [0, 0.1) is 15.9 Å². The Morgan fingerprint density at radius 1 is 1.03 bits per heavy atom. The Hall–Kier alpha value is -2.95. The van der Waals surface area contributed by atoms with Gasteiger partial charge in [0.1, 0.15) is 11.6 Å². The van der Waals surface area contributed by atoms with Gasteiger partial charge in [0.2, 0.25) is 0 Å². The highest BCUT2D eigenvalue weighted by atomic mass is 127. The van der Waals surface area contributed by atoms with Gasteiger partial charge in [-0.1, -0.05) is 30.3 Å². The van der Waals surface area contributed by atoms with E-state index in [9.17, 15) is 14.5 Å². The van der Waals surface area contributed by atoms with Gasteiger partial charge in [-0.05, 0) is 23.8 Å². The first-order valence-electron chi connectivity index (χ1n) is 8.63. The largest absolute Gasteiger partial charge is 0.467 e. The molecule has 0 aliphatic rings. The molecule has 3 rings (SSSR count). The molecule has 29 heavy (non-hydrogen) atoms. The average Bonchev–Trinajstić information content (AvgIpc) is 3.22. The van der Waals surface area contributed by atoms with Crippen LogP contribution in [-0.2, 0) is 19.6 Å². The Labute approximate surface area is 184 Å². The average molecular weight is 510 g/mol. The van der Waals surface area contributed by atoms with Crippen LogP contribution in [0.3, 0.4) is 0 Å². The molecule has 0 aliphatic carbocycles. The fourth-order valence-electron chi connectivity index (χ4n) is 2.47. The van der Waals surface area contributed by atoms with Gasteiger partial charge < -0.3 is 15.1 Å². The Morgan fingerprint density at radius 3 is 2.41 bits per heavy atom. The summed E-state index contributed by atoms with van der Waals surface area (Å²) in [6.45, 7) is 0.982. The van der Waals surface area contributed by atoms with Crippen LogP contribution in [0.15, 0.2) is 76.3 Å². The fraction of sp³-hybridized carbons (Fsp3) is 0.150. The molecular weight excluding hydrogens is 490 g/mol. The number of hydrogen-bond donors (Lipinski definition) is 2. The molecule has 0 amide bonds. The molecule has 1 heterocycles. The van der Waals surface area contributed by atoms with Crippen molar-refractivity contribution in [3.05, 3.63) is 99.7 Å². The highest BCUT2D eigenvalue weighted by molar-refractivity contribution is 14.0. The summed E-state index contributed by atoms with van der Waals surface area (Å²) >= 11 is 0. The molecule has 9 heteroatoms. The van der Waals surface area contributed by atoms with Crippen molar-refractivity contribution >= 4 is 35.6 Å². The zero-order chi connectivity index (χ0) is 19.8. The van der Waals surface area contributed by atoms with E-state index in [1.165, 1.54) is 18.2 Å². The van der Waals surface area contributed by atoms with Gasteiger partial charge in [-0.2, -0.15) is 0 Å². The Balaban J connectivity index is 0.00000300. The number of nitro groups is 1. The van der Waals surface area contributed by atoms with E-state index in [4.69, 9.17) is 4.42 Å². The molecule has 7 nitrogen and oxygen atoms in total. The Kier molecular flexibility index (Phi) is 8.59. The SMILES string of the molecule is I.O=[N+]([O-])c1ccc(CN=C(NCc2ccco2)NCc2ccccc2F)cc1. The molecule has 0 aliphatic heterocycles. The molecule has 2 N–H and O–H groups in total. The van der Waals surface area contributed by atoms with E-state index in [1.54, 1.807) is 42.7 Å². The molecular formula is C20H20FIN4O3. The first-order chi connectivity index (χ1) is 13.6. The number of nitro benzene ring substituents is 1. The van der Waals surface area contributed by atoms with Crippen molar-refractivity contribution in [1.29, 1.82) is 0 Å². The van der Waals surface area contributed by atoms with Gasteiger partial charge in [-0.15, -0.1) is 24.0 Å². The number of hydrogen-bond acceptors (Lipinski definition) is 4. The number of halogens is 2. The molecule has 0 saturated heterocycles. The molecule has 1 aromatic heterocycles. The first kappa shape index (κ1) is 22.3. The van der Waals surface area contributed by atoms with E-state index in [0.29, 0.717) is 24.6 Å². The lowest BCUT2D eigenvalue weighted by Gasteiger charge is -2.12. The number of aliphatic imine (C=N–C) groups is 1. The Morgan fingerprint density at radius 2 is 1.76 bits per heavy atom. The lowest BCUT2D eigenvalue weighted by Crippen LogP contribution is -2.36. The van der Waals surface area contributed by atoms with Crippen LogP contribution in [0.4, 0.5) is 10.1 Å². The topological polar surface area (TPSA) is 92.7 Å². The van der Waals surface area contributed by atoms with Crippen molar-refractivity contribution < 1.29 is 13.7 Å². The molecule has 0 bridgehead atoms. The normalized spacial score (nSPS) is 10.9. The second-order valence-electron chi connectivity index (χ2n) is 5.97. The van der Waals surface area contributed by atoms with Crippen LogP contribution < -0.4 is 10.6 Å². The van der Waals surface area contributed by atoms with Crippen molar-refractivity contribution in [3.8, 4) is 0 Å². The number of benzene rings is 2. The zero-order valence-electron chi connectivity index (χ0n) is 15.4. The predicted molar refractivity (Wildman–Crippen MR) is 118 cm³/mol. The minimum absolute atomic E-state index is 0. The van der Waals surface area contributed by atoms with E-state index in [-0.39, 0.29) is 42.0 Å². The van der Waals surface area contributed by atoms with Crippen molar-refractivity contribution in [3.63, 3.8) is 0 Å². The Bertz CT molecular complexity index is 947. The summed E-state index contributed by atoms with van der Waals surface area (Å²) in [7, 11) is 0.